The third-order valence-electron chi connectivity index (χ3n) is 12.3. The Kier molecular flexibility index (Phi) is 10.2. The van der Waals surface area contributed by atoms with Crippen LogP contribution in [0.3, 0.4) is 0 Å². The third kappa shape index (κ3) is 6.37. The van der Waals surface area contributed by atoms with Gasteiger partial charge in [0.05, 0.1) is 0 Å². The van der Waals surface area contributed by atoms with Gasteiger partial charge in [0.2, 0.25) is 0 Å². The van der Waals surface area contributed by atoms with Gasteiger partial charge in [0.15, 0.2) is 8.07 Å². The molecule has 7 rings (SSSR count). The van der Waals surface area contributed by atoms with E-state index in [0.717, 1.165) is 19.3 Å². The Morgan fingerprint density at radius 3 is 1.00 bits per heavy atom. The summed E-state index contributed by atoms with van der Waals surface area (Å²) in [6, 6.07) is 54.7. The maximum Gasteiger partial charge on any atom is 0.177 e. The first-order chi connectivity index (χ1) is 25.2. The smallest absolute Gasteiger partial charge is 0.0636 e. The lowest BCUT2D eigenvalue weighted by Crippen LogP contribution is -2.71. The fourth-order valence-corrected chi connectivity index (χ4v) is 15.7. The molecule has 6 aromatic carbocycles. The molecule has 52 heavy (non-hydrogen) atoms. The Morgan fingerprint density at radius 1 is 0.385 bits per heavy atom. The van der Waals surface area contributed by atoms with Gasteiger partial charge in [0.25, 0.3) is 0 Å². The molecule has 0 amide bonds. The predicted molar refractivity (Wildman–Crippen MR) is 226 cm³/mol. The van der Waals surface area contributed by atoms with Gasteiger partial charge in [-0.05, 0) is 138 Å². The van der Waals surface area contributed by atoms with Gasteiger partial charge >= 0.3 is 0 Å². The van der Waals surface area contributed by atoms with Crippen molar-refractivity contribution in [3.8, 4) is 0 Å². The molecule has 0 heterocycles. The summed E-state index contributed by atoms with van der Waals surface area (Å²) in [7, 11) is -2.94. The zero-order chi connectivity index (χ0) is 36.4. The van der Waals surface area contributed by atoms with Crippen LogP contribution in [-0.2, 0) is 19.3 Å². The second kappa shape index (κ2) is 14.9. The van der Waals surface area contributed by atoms with Crippen molar-refractivity contribution in [3.05, 3.63) is 218 Å². The highest BCUT2D eigenvalue weighted by Gasteiger charge is 2.50. The Hall–Kier alpha value is -4.98. The normalized spacial score (nSPS) is 14.7. The minimum absolute atomic E-state index is 0.346. The molecule has 1 aliphatic rings. The Morgan fingerprint density at radius 2 is 0.712 bits per heavy atom. The summed E-state index contributed by atoms with van der Waals surface area (Å²) in [5.74, 6) is 0.346. The third-order valence-corrected chi connectivity index (χ3v) is 18.0. The van der Waals surface area contributed by atoms with Gasteiger partial charge in [-0.2, -0.15) is 0 Å². The first kappa shape index (κ1) is 35.4. The summed E-state index contributed by atoms with van der Waals surface area (Å²) in [6.07, 6.45) is 2.78. The molecule has 0 spiro atoms. The highest BCUT2D eigenvalue weighted by Crippen LogP contribution is 2.42. The lowest BCUT2D eigenvalue weighted by Gasteiger charge is -2.42. The van der Waals surface area contributed by atoms with Crippen molar-refractivity contribution in [1.29, 1.82) is 0 Å². The van der Waals surface area contributed by atoms with Crippen LogP contribution in [0.1, 0.15) is 77.8 Å². The van der Waals surface area contributed by atoms with Gasteiger partial charge in [-0.3, -0.25) is 0 Å². The average Bonchev–Trinajstić information content (AvgIpc) is 3.36. The summed E-state index contributed by atoms with van der Waals surface area (Å²) in [5, 5.41) is 6.25. The Labute approximate surface area is 313 Å². The Balaban J connectivity index is 1.58. The van der Waals surface area contributed by atoms with E-state index in [0.29, 0.717) is 5.92 Å². The van der Waals surface area contributed by atoms with E-state index in [4.69, 9.17) is 0 Å². The molecule has 260 valence electrons. The SMILES string of the molecule is CC1=C(C)C(C)C([Si](c2cccc(Cc3ccccc3)c2C)(c2cccc(Cc3ccccc3)c2C)c2cccc(Cc3ccccc3)c2C)=C1C. The molecule has 0 aromatic heterocycles. The maximum atomic E-state index is 2.51. The van der Waals surface area contributed by atoms with Crippen LogP contribution in [-0.4, -0.2) is 8.07 Å². The largest absolute Gasteiger partial charge is 0.177 e. The van der Waals surface area contributed by atoms with Gasteiger partial charge in [-0.25, -0.2) is 0 Å². The maximum absolute atomic E-state index is 2.94. The monoisotopic (exact) mass is 692 g/mol. The fraction of sp³-hybridized carbons (Fsp3) is 0.216. The molecule has 1 heteroatoms. The molecule has 6 aromatic rings. The van der Waals surface area contributed by atoms with Gasteiger partial charge in [-0.1, -0.05) is 169 Å². The summed E-state index contributed by atoms with van der Waals surface area (Å²) in [6.45, 7) is 16.9. The van der Waals surface area contributed by atoms with Gasteiger partial charge in [0.1, 0.15) is 0 Å². The molecule has 1 atom stereocenters. The van der Waals surface area contributed by atoms with Crippen LogP contribution in [0.4, 0.5) is 0 Å². The highest BCUT2D eigenvalue weighted by molar-refractivity contribution is 7.17. The zero-order valence-electron chi connectivity index (χ0n) is 32.1. The van der Waals surface area contributed by atoms with Crippen LogP contribution in [0.25, 0.3) is 0 Å². The quantitative estimate of drug-likeness (QED) is 0.0990. The van der Waals surface area contributed by atoms with Crippen molar-refractivity contribution in [2.45, 2.75) is 67.7 Å². The minimum Gasteiger partial charge on any atom is -0.0636 e. The van der Waals surface area contributed by atoms with Gasteiger partial charge in [-0.15, -0.1) is 0 Å². The average molecular weight is 693 g/mol. The van der Waals surface area contributed by atoms with Gasteiger partial charge < -0.3 is 0 Å². The van der Waals surface area contributed by atoms with Crippen LogP contribution < -0.4 is 15.6 Å². The second-order valence-corrected chi connectivity index (χ2v) is 18.7. The lowest BCUT2D eigenvalue weighted by molar-refractivity contribution is 0.851. The minimum atomic E-state index is -2.94. The summed E-state index contributed by atoms with van der Waals surface area (Å²) in [4.78, 5) is 0. The number of rotatable bonds is 10. The molecular weight excluding hydrogens is 641 g/mol. The topological polar surface area (TPSA) is 0 Å². The van der Waals surface area contributed by atoms with Crippen molar-refractivity contribution in [1.82, 2.24) is 0 Å². The molecule has 1 aliphatic carbocycles. The van der Waals surface area contributed by atoms with E-state index in [1.165, 1.54) is 82.4 Å². The zero-order valence-corrected chi connectivity index (χ0v) is 33.1. The number of hydrogen-bond acceptors (Lipinski definition) is 0. The van der Waals surface area contributed by atoms with E-state index >= 15 is 0 Å². The number of hydrogen-bond donors (Lipinski definition) is 0. The second-order valence-electron chi connectivity index (χ2n) is 15.1. The Bertz CT molecular complexity index is 2050. The van der Waals surface area contributed by atoms with E-state index in [1.54, 1.807) is 5.20 Å². The molecular formula is C51H52Si. The van der Waals surface area contributed by atoms with Crippen molar-refractivity contribution in [2.75, 3.05) is 0 Å². The van der Waals surface area contributed by atoms with Gasteiger partial charge in [0, 0.05) is 0 Å². The predicted octanol–water partition coefficient (Wildman–Crippen LogP) is 10.7. The first-order valence-corrected chi connectivity index (χ1v) is 21.0. The van der Waals surface area contributed by atoms with Crippen molar-refractivity contribution in [3.63, 3.8) is 0 Å². The standard InChI is InChI=1S/C51H52Si/c1-35-36(2)38(4)51(37(35)3)52(48-29-17-26-45(39(48)5)32-42-20-11-8-12-21-42,49-30-18-27-46(40(49)6)33-43-22-13-9-14-23-43)50-31-19-28-47(41(50)7)34-44-24-15-10-16-25-44/h8-31,37H,32-34H2,1-7H3. The van der Waals surface area contributed by atoms with Crippen LogP contribution in [0, 0.1) is 26.7 Å². The molecule has 0 nitrogen and oxygen atoms in total. The van der Waals surface area contributed by atoms with Crippen LogP contribution in [0.2, 0.25) is 0 Å². The molecule has 0 saturated carbocycles. The van der Waals surface area contributed by atoms with E-state index < -0.39 is 8.07 Å². The van der Waals surface area contributed by atoms with E-state index in [-0.39, 0.29) is 0 Å². The molecule has 0 bridgehead atoms. The van der Waals surface area contributed by atoms with Crippen LogP contribution in [0.15, 0.2) is 168 Å². The van der Waals surface area contributed by atoms with E-state index in [9.17, 15) is 0 Å². The number of benzene rings is 6. The molecule has 0 radical (unpaired) electrons. The molecule has 0 N–H and O–H groups in total. The van der Waals surface area contributed by atoms with E-state index in [1.807, 2.05) is 0 Å². The van der Waals surface area contributed by atoms with Crippen molar-refractivity contribution >= 4 is 23.6 Å². The van der Waals surface area contributed by atoms with Crippen molar-refractivity contribution < 1.29 is 0 Å². The molecule has 0 aliphatic heterocycles. The summed E-state index contributed by atoms with van der Waals surface area (Å²) in [5.41, 5.74) is 17.1. The summed E-state index contributed by atoms with van der Waals surface area (Å²) < 4.78 is 0. The molecule has 0 fully saturated rings. The summed E-state index contributed by atoms with van der Waals surface area (Å²) >= 11 is 0. The first-order valence-electron chi connectivity index (χ1n) is 19.0. The lowest BCUT2D eigenvalue weighted by atomic mass is 10.00. The molecule has 0 saturated heterocycles. The number of allylic oxidation sites excluding steroid dienone is 4. The molecule has 1 unspecified atom stereocenters. The van der Waals surface area contributed by atoms with E-state index in [2.05, 4.69) is 194 Å². The van der Waals surface area contributed by atoms with Crippen LogP contribution in [0.5, 0.6) is 0 Å². The van der Waals surface area contributed by atoms with Crippen LogP contribution >= 0.6 is 0 Å². The highest BCUT2D eigenvalue weighted by atomic mass is 28.3. The fourth-order valence-electron chi connectivity index (χ4n) is 9.13. The van der Waals surface area contributed by atoms with Crippen molar-refractivity contribution in [2.24, 2.45) is 5.92 Å².